The minimum Gasteiger partial charge on any atom is -0.478 e. The molecule has 1 saturated heterocycles. The van der Waals surface area contributed by atoms with Gasteiger partial charge in [-0.1, -0.05) is 43.5 Å². The van der Waals surface area contributed by atoms with Gasteiger partial charge in [-0.15, -0.1) is 0 Å². The zero-order chi connectivity index (χ0) is 28.4. The van der Waals surface area contributed by atoms with Gasteiger partial charge in [0.1, 0.15) is 5.75 Å². The molecule has 1 heterocycles. The largest absolute Gasteiger partial charge is 0.478 e. The summed E-state index contributed by atoms with van der Waals surface area (Å²) >= 11 is 0. The van der Waals surface area contributed by atoms with Crippen LogP contribution in [0.5, 0.6) is 5.75 Å². The van der Waals surface area contributed by atoms with Crippen molar-refractivity contribution >= 4 is 5.97 Å². The second kappa shape index (κ2) is 11.9. The maximum absolute atomic E-state index is 13.7. The molecule has 2 fully saturated rings. The third-order valence-electron chi connectivity index (χ3n) is 8.14. The Morgan fingerprint density at radius 2 is 1.44 bits per heavy atom. The van der Waals surface area contributed by atoms with Crippen molar-refractivity contribution in [3.05, 3.63) is 63.7 Å². The number of aliphatic carboxylic acids is 1. The van der Waals surface area contributed by atoms with Crippen LogP contribution in [0.25, 0.3) is 0 Å². The van der Waals surface area contributed by atoms with Gasteiger partial charge in [0.05, 0.1) is 5.56 Å². The molecule has 2 aromatic carbocycles. The van der Waals surface area contributed by atoms with Gasteiger partial charge in [-0.3, -0.25) is 9.80 Å². The van der Waals surface area contributed by atoms with Crippen LogP contribution < -0.4 is 4.74 Å². The molecule has 0 spiro atoms. The molecular formula is C31H41F3N2O3. The SMILES string of the molecule is Cc1cc(CN2CCN(Cc3ccc(C(F)(F)F)c(C4CCCCC4)c3)CC2)cc(C)c1OC(C)(C)C(=O)O. The monoisotopic (exact) mass is 546 g/mol. The lowest BCUT2D eigenvalue weighted by atomic mass is 9.81. The summed E-state index contributed by atoms with van der Waals surface area (Å²) in [5.74, 6) is -0.393. The predicted molar refractivity (Wildman–Crippen MR) is 146 cm³/mol. The minimum absolute atomic E-state index is 0.00562. The van der Waals surface area contributed by atoms with E-state index >= 15 is 0 Å². The van der Waals surface area contributed by atoms with Crippen LogP contribution in [-0.4, -0.2) is 52.7 Å². The van der Waals surface area contributed by atoms with Gasteiger partial charge in [-0.05, 0) is 80.3 Å². The highest BCUT2D eigenvalue weighted by Crippen LogP contribution is 2.41. The Morgan fingerprint density at radius 3 is 1.95 bits per heavy atom. The topological polar surface area (TPSA) is 53.0 Å². The minimum atomic E-state index is -4.32. The van der Waals surface area contributed by atoms with Crippen molar-refractivity contribution in [3.63, 3.8) is 0 Å². The zero-order valence-electron chi connectivity index (χ0n) is 23.5. The average molecular weight is 547 g/mol. The van der Waals surface area contributed by atoms with E-state index < -0.39 is 23.3 Å². The van der Waals surface area contributed by atoms with E-state index in [1.54, 1.807) is 19.9 Å². The fraction of sp³-hybridized carbons (Fsp3) is 0.581. The Balaban J connectivity index is 1.37. The number of nitrogens with zero attached hydrogens (tertiary/aromatic N) is 2. The van der Waals surface area contributed by atoms with Gasteiger partial charge in [0.25, 0.3) is 0 Å². The molecule has 1 aliphatic carbocycles. The summed E-state index contributed by atoms with van der Waals surface area (Å²) in [6, 6.07) is 8.89. The number of carboxylic acid groups (broad SMARTS) is 1. The standard InChI is InChI=1S/C31H41F3N2O3/c1-21-16-24(17-22(2)28(21)39-30(3,4)29(37)38)20-36-14-12-35(13-15-36)19-23-10-11-27(31(32,33)34)26(18-23)25-8-6-5-7-9-25/h10-11,16-18,25H,5-9,12-15,19-20H2,1-4H3,(H,37,38). The number of aryl methyl sites for hydroxylation is 2. The zero-order valence-corrected chi connectivity index (χ0v) is 23.5. The van der Waals surface area contributed by atoms with Crippen molar-refractivity contribution in [3.8, 4) is 5.75 Å². The third kappa shape index (κ3) is 7.34. The van der Waals surface area contributed by atoms with Crippen LogP contribution in [0, 0.1) is 13.8 Å². The molecule has 8 heteroatoms. The number of benzene rings is 2. The number of piperazine rings is 1. The molecule has 4 rings (SSSR count). The molecule has 1 aliphatic heterocycles. The molecule has 0 radical (unpaired) electrons. The fourth-order valence-electron chi connectivity index (χ4n) is 5.93. The quantitative estimate of drug-likeness (QED) is 0.389. The van der Waals surface area contributed by atoms with E-state index in [-0.39, 0.29) is 5.92 Å². The number of rotatable bonds is 8. The lowest BCUT2D eigenvalue weighted by molar-refractivity contribution is -0.152. The van der Waals surface area contributed by atoms with Gasteiger partial charge in [-0.25, -0.2) is 4.79 Å². The Hall–Kier alpha value is -2.58. The van der Waals surface area contributed by atoms with E-state index in [1.165, 1.54) is 6.07 Å². The number of ether oxygens (including phenoxy) is 1. The molecule has 0 atom stereocenters. The average Bonchev–Trinajstić information content (AvgIpc) is 2.87. The first-order chi connectivity index (χ1) is 18.3. The van der Waals surface area contributed by atoms with Gasteiger partial charge in [-0.2, -0.15) is 13.2 Å². The van der Waals surface area contributed by atoms with E-state index in [0.717, 1.165) is 87.1 Å². The molecule has 1 N–H and O–H groups in total. The molecule has 0 aromatic heterocycles. The van der Waals surface area contributed by atoms with E-state index in [2.05, 4.69) is 21.9 Å². The summed E-state index contributed by atoms with van der Waals surface area (Å²) in [5.41, 5.74) is 2.65. The van der Waals surface area contributed by atoms with Crippen molar-refractivity contribution in [2.45, 2.75) is 90.6 Å². The van der Waals surface area contributed by atoms with Gasteiger partial charge in [0, 0.05) is 39.3 Å². The van der Waals surface area contributed by atoms with E-state index in [4.69, 9.17) is 4.74 Å². The first-order valence-electron chi connectivity index (χ1n) is 14.0. The fourth-order valence-corrected chi connectivity index (χ4v) is 5.93. The van der Waals surface area contributed by atoms with Gasteiger partial charge >= 0.3 is 12.1 Å². The molecule has 214 valence electrons. The maximum atomic E-state index is 13.7. The highest BCUT2D eigenvalue weighted by Gasteiger charge is 2.36. The number of halogens is 3. The Bertz CT molecular complexity index is 1140. The highest BCUT2D eigenvalue weighted by atomic mass is 19.4. The van der Waals surface area contributed by atoms with E-state index in [9.17, 15) is 23.1 Å². The summed E-state index contributed by atoms with van der Waals surface area (Å²) in [4.78, 5) is 16.2. The van der Waals surface area contributed by atoms with Crippen LogP contribution in [0.3, 0.4) is 0 Å². The second-order valence-electron chi connectivity index (χ2n) is 11.8. The highest BCUT2D eigenvalue weighted by molar-refractivity contribution is 5.77. The molecule has 2 aromatic rings. The Morgan fingerprint density at radius 1 is 0.897 bits per heavy atom. The van der Waals surface area contributed by atoms with Crippen molar-refractivity contribution < 1.29 is 27.8 Å². The number of hydrogen-bond donors (Lipinski definition) is 1. The number of carboxylic acids is 1. The van der Waals surface area contributed by atoms with E-state index in [1.807, 2.05) is 19.9 Å². The van der Waals surface area contributed by atoms with Crippen molar-refractivity contribution in [1.29, 1.82) is 0 Å². The van der Waals surface area contributed by atoms with Crippen LogP contribution in [0.4, 0.5) is 13.2 Å². The first kappa shape index (κ1) is 29.4. The van der Waals surface area contributed by atoms with Crippen LogP contribution >= 0.6 is 0 Å². The molecule has 0 unspecified atom stereocenters. The summed E-state index contributed by atoms with van der Waals surface area (Å²) in [6.07, 6.45) is 0.488. The smallest absolute Gasteiger partial charge is 0.416 e. The Kier molecular flexibility index (Phi) is 8.96. The summed E-state index contributed by atoms with van der Waals surface area (Å²) in [5, 5.41) is 9.41. The molecule has 1 saturated carbocycles. The lowest BCUT2D eigenvalue weighted by Gasteiger charge is -2.35. The predicted octanol–water partition coefficient (Wildman–Crippen LogP) is 6.93. The van der Waals surface area contributed by atoms with E-state index in [0.29, 0.717) is 17.9 Å². The van der Waals surface area contributed by atoms with Crippen LogP contribution in [0.2, 0.25) is 0 Å². The molecule has 2 aliphatic rings. The molecule has 5 nitrogen and oxygen atoms in total. The number of hydrogen-bond acceptors (Lipinski definition) is 4. The van der Waals surface area contributed by atoms with Crippen molar-refractivity contribution in [2.24, 2.45) is 0 Å². The maximum Gasteiger partial charge on any atom is 0.416 e. The number of alkyl halides is 3. The van der Waals surface area contributed by atoms with Crippen molar-refractivity contribution in [2.75, 3.05) is 26.2 Å². The van der Waals surface area contributed by atoms with Crippen LogP contribution in [0.15, 0.2) is 30.3 Å². The van der Waals surface area contributed by atoms with Gasteiger partial charge in [0.15, 0.2) is 5.60 Å². The third-order valence-corrected chi connectivity index (χ3v) is 8.14. The Labute approximate surface area is 229 Å². The summed E-state index contributed by atoms with van der Waals surface area (Å²) < 4.78 is 47.1. The summed E-state index contributed by atoms with van der Waals surface area (Å²) in [6.45, 7) is 11.9. The molecule has 0 amide bonds. The summed E-state index contributed by atoms with van der Waals surface area (Å²) in [7, 11) is 0. The normalized spacial score (nSPS) is 18.3. The number of carbonyl (C=O) groups is 1. The van der Waals surface area contributed by atoms with Gasteiger partial charge in [0.2, 0.25) is 0 Å². The first-order valence-corrected chi connectivity index (χ1v) is 14.0. The lowest BCUT2D eigenvalue weighted by Crippen LogP contribution is -2.45. The molecule has 0 bridgehead atoms. The molecular weight excluding hydrogens is 505 g/mol. The van der Waals surface area contributed by atoms with Crippen molar-refractivity contribution in [1.82, 2.24) is 9.80 Å². The van der Waals surface area contributed by atoms with Gasteiger partial charge < -0.3 is 9.84 Å². The van der Waals surface area contributed by atoms with Crippen LogP contribution in [0.1, 0.15) is 85.3 Å². The van der Waals surface area contributed by atoms with Crippen LogP contribution in [-0.2, 0) is 24.1 Å². The molecule has 39 heavy (non-hydrogen) atoms. The second-order valence-corrected chi connectivity index (χ2v) is 11.8.